The van der Waals surface area contributed by atoms with E-state index < -0.39 is 0 Å². The van der Waals surface area contributed by atoms with Gasteiger partial charge >= 0.3 is 0 Å². The van der Waals surface area contributed by atoms with Crippen molar-refractivity contribution in [3.8, 4) is 22.3 Å². The molecule has 0 bridgehead atoms. The molecular weight excluding hydrogens is 216 g/mol. The summed E-state index contributed by atoms with van der Waals surface area (Å²) < 4.78 is 0. The Morgan fingerprint density at radius 3 is 2.33 bits per heavy atom. The lowest BCUT2D eigenvalue weighted by Crippen LogP contribution is -2.02. The summed E-state index contributed by atoms with van der Waals surface area (Å²) in [6.45, 7) is 0. The van der Waals surface area contributed by atoms with Gasteiger partial charge in [0.1, 0.15) is 0 Å². The van der Waals surface area contributed by atoms with Crippen molar-refractivity contribution in [2.45, 2.75) is 12.8 Å². The first kappa shape index (κ1) is 8.93. The van der Waals surface area contributed by atoms with Gasteiger partial charge in [-0.25, -0.2) is 0 Å². The monoisotopic (exact) mass is 228 g/mol. The lowest BCUT2D eigenvalue weighted by Gasteiger charge is -2.18. The van der Waals surface area contributed by atoms with Crippen LogP contribution < -0.4 is 0 Å². The lowest BCUT2D eigenvalue weighted by atomic mass is 9.85. The number of rotatable bonds is 0. The van der Waals surface area contributed by atoms with Gasteiger partial charge in [-0.2, -0.15) is 0 Å². The van der Waals surface area contributed by atoms with Crippen LogP contribution in [0.1, 0.15) is 11.1 Å². The maximum atomic E-state index is 2.33. The van der Waals surface area contributed by atoms with Crippen molar-refractivity contribution in [3.05, 3.63) is 59.7 Å². The molecule has 84 valence electrons. The number of hydrogen-bond acceptors (Lipinski definition) is 0. The molecular formula is C18H12. The van der Waals surface area contributed by atoms with E-state index in [1.807, 2.05) is 0 Å². The summed E-state index contributed by atoms with van der Waals surface area (Å²) in [5, 5.41) is 2.87. The van der Waals surface area contributed by atoms with Crippen LogP contribution >= 0.6 is 0 Å². The Hall–Kier alpha value is -2.08. The first-order chi connectivity index (χ1) is 8.93. The van der Waals surface area contributed by atoms with Crippen molar-refractivity contribution in [2.75, 3.05) is 0 Å². The van der Waals surface area contributed by atoms with Crippen LogP contribution in [0.3, 0.4) is 0 Å². The fraction of sp³-hybridized carbons (Fsp3) is 0.111. The first-order valence-electron chi connectivity index (χ1n) is 6.61. The summed E-state index contributed by atoms with van der Waals surface area (Å²) in [4.78, 5) is 0. The highest BCUT2D eigenvalue weighted by Crippen LogP contribution is 2.52. The minimum atomic E-state index is 1.19. The van der Waals surface area contributed by atoms with Gasteiger partial charge in [0.2, 0.25) is 0 Å². The van der Waals surface area contributed by atoms with Gasteiger partial charge in [0.15, 0.2) is 0 Å². The Bertz CT molecular complexity index is 825. The standard InChI is InChI=1S/C18H12/c1-3-11-7-9-13-10-8-12-4-2-6-15-14(5-1)16(11)18(13)17(12)15/h1-7,9H,8,10H2. The molecule has 2 aliphatic rings. The van der Waals surface area contributed by atoms with Crippen LogP contribution in [0, 0.1) is 0 Å². The van der Waals surface area contributed by atoms with Crippen LogP contribution in [-0.2, 0) is 12.8 Å². The average molecular weight is 228 g/mol. The van der Waals surface area contributed by atoms with Gasteiger partial charge in [0.05, 0.1) is 0 Å². The Kier molecular flexibility index (Phi) is 1.41. The molecule has 0 heteroatoms. The van der Waals surface area contributed by atoms with E-state index in [0.717, 1.165) is 0 Å². The Balaban J connectivity index is 2.14. The third kappa shape index (κ3) is 0.862. The summed E-state index contributed by atoms with van der Waals surface area (Å²) in [6, 6.07) is 18.1. The maximum Gasteiger partial charge on any atom is -0.00235 e. The van der Waals surface area contributed by atoms with E-state index in [0.29, 0.717) is 0 Å². The van der Waals surface area contributed by atoms with E-state index in [1.165, 1.54) is 57.0 Å². The van der Waals surface area contributed by atoms with Gasteiger partial charge in [0, 0.05) is 0 Å². The molecule has 3 aromatic rings. The number of hydrogen-bond donors (Lipinski definition) is 0. The predicted molar refractivity (Wildman–Crippen MR) is 75.8 cm³/mol. The molecule has 0 saturated carbocycles. The Morgan fingerprint density at radius 2 is 1.39 bits per heavy atom. The normalized spacial score (nSPS) is 14.2. The van der Waals surface area contributed by atoms with Crippen LogP contribution in [0.15, 0.2) is 48.5 Å². The molecule has 18 heavy (non-hydrogen) atoms. The number of fused-ring (bicyclic) bond motifs is 1. The van der Waals surface area contributed by atoms with Gasteiger partial charge in [0.25, 0.3) is 0 Å². The SMILES string of the molecule is c1cc2c3c(c1)-c1cccc4ccc(c-3c14)CC2. The van der Waals surface area contributed by atoms with E-state index >= 15 is 0 Å². The fourth-order valence-corrected chi connectivity index (χ4v) is 3.74. The summed E-state index contributed by atoms with van der Waals surface area (Å²) in [5.41, 5.74) is 8.99. The molecule has 0 unspecified atom stereocenters. The minimum Gasteiger partial charge on any atom is -0.0613 e. The summed E-state index contributed by atoms with van der Waals surface area (Å²) in [7, 11) is 0. The summed E-state index contributed by atoms with van der Waals surface area (Å²) in [5.74, 6) is 0. The van der Waals surface area contributed by atoms with Crippen molar-refractivity contribution in [2.24, 2.45) is 0 Å². The predicted octanol–water partition coefficient (Wildman–Crippen LogP) is 4.59. The molecule has 0 saturated heterocycles. The molecule has 0 heterocycles. The van der Waals surface area contributed by atoms with E-state index in [4.69, 9.17) is 0 Å². The second kappa shape index (κ2) is 2.84. The first-order valence-corrected chi connectivity index (χ1v) is 6.61. The Labute approximate surface area is 106 Å². The minimum absolute atomic E-state index is 1.19. The topological polar surface area (TPSA) is 0 Å². The Morgan fingerprint density at radius 1 is 0.611 bits per heavy atom. The van der Waals surface area contributed by atoms with Gasteiger partial charge in [-0.05, 0) is 57.0 Å². The molecule has 0 atom stereocenters. The average Bonchev–Trinajstić information content (AvgIpc) is 2.78. The van der Waals surface area contributed by atoms with Crippen molar-refractivity contribution in [1.29, 1.82) is 0 Å². The van der Waals surface area contributed by atoms with Gasteiger partial charge < -0.3 is 0 Å². The second-order valence-corrected chi connectivity index (χ2v) is 5.34. The lowest BCUT2D eigenvalue weighted by molar-refractivity contribution is 0.947. The molecule has 0 spiro atoms. The van der Waals surface area contributed by atoms with E-state index in [-0.39, 0.29) is 0 Å². The molecule has 5 rings (SSSR count). The van der Waals surface area contributed by atoms with Crippen LogP contribution in [-0.4, -0.2) is 0 Å². The van der Waals surface area contributed by atoms with Crippen LogP contribution in [0.2, 0.25) is 0 Å². The molecule has 2 aliphatic carbocycles. The number of aryl methyl sites for hydroxylation is 2. The maximum absolute atomic E-state index is 2.33. The van der Waals surface area contributed by atoms with Crippen molar-refractivity contribution in [3.63, 3.8) is 0 Å². The van der Waals surface area contributed by atoms with E-state index in [1.54, 1.807) is 0 Å². The molecule has 0 radical (unpaired) electrons. The zero-order valence-corrected chi connectivity index (χ0v) is 10.0. The highest BCUT2D eigenvalue weighted by Gasteiger charge is 2.28. The largest absolute Gasteiger partial charge is 0.0613 e. The van der Waals surface area contributed by atoms with Crippen molar-refractivity contribution >= 4 is 10.8 Å². The smallest absolute Gasteiger partial charge is 0.00235 e. The molecule has 0 amide bonds. The van der Waals surface area contributed by atoms with Crippen molar-refractivity contribution in [1.82, 2.24) is 0 Å². The molecule has 0 aliphatic heterocycles. The number of benzene rings is 3. The van der Waals surface area contributed by atoms with E-state index in [9.17, 15) is 0 Å². The quantitative estimate of drug-likeness (QED) is 0.413. The van der Waals surface area contributed by atoms with Crippen LogP contribution in [0.25, 0.3) is 33.0 Å². The van der Waals surface area contributed by atoms with E-state index in [2.05, 4.69) is 48.5 Å². The van der Waals surface area contributed by atoms with Gasteiger partial charge in [-0.3, -0.25) is 0 Å². The third-order valence-corrected chi connectivity index (χ3v) is 4.49. The summed E-state index contributed by atoms with van der Waals surface area (Å²) >= 11 is 0. The van der Waals surface area contributed by atoms with Crippen LogP contribution in [0.4, 0.5) is 0 Å². The second-order valence-electron chi connectivity index (χ2n) is 5.34. The third-order valence-electron chi connectivity index (χ3n) is 4.49. The highest BCUT2D eigenvalue weighted by molar-refractivity contribution is 6.17. The highest BCUT2D eigenvalue weighted by atomic mass is 14.3. The van der Waals surface area contributed by atoms with Crippen LogP contribution in [0.5, 0.6) is 0 Å². The molecule has 3 aromatic carbocycles. The van der Waals surface area contributed by atoms with Gasteiger partial charge in [-0.15, -0.1) is 0 Å². The summed E-state index contributed by atoms with van der Waals surface area (Å²) in [6.07, 6.45) is 2.38. The molecule has 0 fully saturated rings. The zero-order valence-electron chi connectivity index (χ0n) is 10.0. The van der Waals surface area contributed by atoms with Gasteiger partial charge in [-0.1, -0.05) is 48.5 Å². The fourth-order valence-electron chi connectivity index (χ4n) is 3.74. The molecule has 0 N–H and O–H groups in total. The zero-order chi connectivity index (χ0) is 11.7. The molecule has 0 aromatic heterocycles. The molecule has 0 nitrogen and oxygen atoms in total. The van der Waals surface area contributed by atoms with Crippen molar-refractivity contribution < 1.29 is 0 Å².